The minimum absolute atomic E-state index is 0.0716. The highest BCUT2D eigenvalue weighted by Gasteiger charge is 2.35. The maximum absolute atomic E-state index is 14.7. The van der Waals surface area contributed by atoms with Gasteiger partial charge in [-0.15, -0.1) is 0 Å². The Morgan fingerprint density at radius 1 is 0.755 bits per heavy atom. The summed E-state index contributed by atoms with van der Waals surface area (Å²) < 4.78 is 40.9. The second-order valence-corrected chi connectivity index (χ2v) is 14.6. The fraction of sp³-hybridized carbons (Fsp3) is 0.333. The van der Waals surface area contributed by atoms with Gasteiger partial charge >= 0.3 is 0 Å². The molecule has 0 radical (unpaired) electrons. The van der Waals surface area contributed by atoms with Gasteiger partial charge in [-0.3, -0.25) is 13.9 Å². The van der Waals surface area contributed by atoms with Crippen molar-refractivity contribution in [1.29, 1.82) is 0 Å². The quantitative estimate of drug-likeness (QED) is 0.159. The van der Waals surface area contributed by atoms with Gasteiger partial charge in [0, 0.05) is 25.6 Å². The van der Waals surface area contributed by atoms with E-state index in [9.17, 15) is 18.0 Å². The van der Waals surface area contributed by atoms with Crippen LogP contribution in [0.2, 0.25) is 0 Å². The molecule has 0 bridgehead atoms. The number of sulfonamides is 1. The zero-order valence-electron chi connectivity index (χ0n) is 29.4. The highest BCUT2D eigenvalue weighted by Crippen LogP contribution is 2.33. The minimum Gasteiger partial charge on any atom is -0.493 e. The Kier molecular flexibility index (Phi) is 12.5. The van der Waals surface area contributed by atoms with Gasteiger partial charge < -0.3 is 19.7 Å². The van der Waals surface area contributed by atoms with Crippen molar-refractivity contribution in [2.75, 3.05) is 31.6 Å². The van der Waals surface area contributed by atoms with Crippen molar-refractivity contribution in [2.45, 2.75) is 58.5 Å². The summed E-state index contributed by atoms with van der Waals surface area (Å²) in [5, 5.41) is 3.02. The zero-order valence-corrected chi connectivity index (χ0v) is 30.2. The number of carbonyl (C=O) groups excluding carboxylic acids is 2. The first-order chi connectivity index (χ1) is 23.3. The molecule has 9 nitrogen and oxygen atoms in total. The molecule has 0 aromatic heterocycles. The third kappa shape index (κ3) is 9.63. The molecule has 0 fully saturated rings. The van der Waals surface area contributed by atoms with E-state index in [0.29, 0.717) is 18.0 Å². The number of aryl methyl sites for hydroxylation is 3. The summed E-state index contributed by atoms with van der Waals surface area (Å²) in [6, 6.07) is 26.1. The summed E-state index contributed by atoms with van der Waals surface area (Å²) in [6.07, 6.45) is 0.244. The van der Waals surface area contributed by atoms with E-state index in [1.165, 1.54) is 37.3 Å². The van der Waals surface area contributed by atoms with Crippen molar-refractivity contribution in [2.24, 2.45) is 5.92 Å². The molecular weight excluding hydrogens is 639 g/mol. The molecule has 0 heterocycles. The zero-order chi connectivity index (χ0) is 35.7. The number of ether oxygens (including phenoxy) is 2. The number of amides is 2. The van der Waals surface area contributed by atoms with Crippen molar-refractivity contribution >= 4 is 27.5 Å². The van der Waals surface area contributed by atoms with Crippen LogP contribution < -0.4 is 19.1 Å². The largest absolute Gasteiger partial charge is 0.493 e. The normalized spacial score (nSPS) is 11.9. The van der Waals surface area contributed by atoms with Crippen LogP contribution in [0.25, 0.3) is 0 Å². The molecular formula is C39H47N3O6S. The molecule has 4 aromatic carbocycles. The number of hydrogen-bond acceptors (Lipinski definition) is 6. The number of carbonyl (C=O) groups is 2. The highest BCUT2D eigenvalue weighted by molar-refractivity contribution is 7.92. The molecule has 0 spiro atoms. The molecule has 10 heteroatoms. The van der Waals surface area contributed by atoms with E-state index in [4.69, 9.17) is 9.47 Å². The summed E-state index contributed by atoms with van der Waals surface area (Å²) in [7, 11) is -1.43. The van der Waals surface area contributed by atoms with Crippen LogP contribution in [0.5, 0.6) is 11.5 Å². The van der Waals surface area contributed by atoms with Crippen molar-refractivity contribution in [3.8, 4) is 11.5 Å². The van der Waals surface area contributed by atoms with Crippen LogP contribution >= 0.6 is 0 Å². The molecule has 0 unspecified atom stereocenters. The number of nitrogens with zero attached hydrogens (tertiary/aromatic N) is 2. The molecule has 0 aliphatic rings. The topological polar surface area (TPSA) is 105 Å². The van der Waals surface area contributed by atoms with E-state index in [1.54, 1.807) is 12.1 Å². The molecule has 2 amide bonds. The van der Waals surface area contributed by atoms with Crippen molar-refractivity contribution in [3.63, 3.8) is 0 Å². The molecule has 4 aromatic rings. The predicted molar refractivity (Wildman–Crippen MR) is 194 cm³/mol. The lowest BCUT2D eigenvalue weighted by Gasteiger charge is -2.34. The molecule has 0 aliphatic carbocycles. The van der Waals surface area contributed by atoms with Crippen LogP contribution in [0.3, 0.4) is 0 Å². The minimum atomic E-state index is -4.33. The third-order valence-electron chi connectivity index (χ3n) is 8.15. The van der Waals surface area contributed by atoms with Gasteiger partial charge in [0.1, 0.15) is 12.6 Å². The number of methoxy groups -OCH3 is 2. The highest BCUT2D eigenvalue weighted by atomic mass is 32.2. The van der Waals surface area contributed by atoms with Crippen LogP contribution in [-0.2, 0) is 32.6 Å². The van der Waals surface area contributed by atoms with Crippen molar-refractivity contribution in [1.82, 2.24) is 10.2 Å². The molecule has 0 saturated carbocycles. The number of nitrogens with one attached hydrogen (secondary N) is 1. The molecule has 0 saturated heterocycles. The lowest BCUT2D eigenvalue weighted by Crippen LogP contribution is -2.53. The maximum atomic E-state index is 14.7. The Bertz CT molecular complexity index is 1820. The third-order valence-corrected chi connectivity index (χ3v) is 9.92. The standard InChI is InChI=1S/C39H47N3O6S/c1-27(2)24-40-39(44)35(22-31-11-9-8-10-12-31)41(25-32-15-13-28(3)14-16-32)38(43)26-42(33-20-29(4)19-30(5)21-33)49(45,46)34-17-18-36(47-6)37(23-34)48-7/h8-21,23,27,35H,22,24-26H2,1-7H3,(H,40,44)/t35-/m1/s1. The Hall–Kier alpha value is -4.83. The fourth-order valence-electron chi connectivity index (χ4n) is 5.59. The number of rotatable bonds is 15. The molecule has 49 heavy (non-hydrogen) atoms. The molecule has 1 N–H and O–H groups in total. The fourth-order valence-corrected chi connectivity index (χ4v) is 7.01. The molecule has 260 valence electrons. The van der Waals surface area contributed by atoms with Gasteiger partial charge in [-0.1, -0.05) is 80.1 Å². The second-order valence-electron chi connectivity index (χ2n) is 12.7. The summed E-state index contributed by atoms with van der Waals surface area (Å²) >= 11 is 0. The van der Waals surface area contributed by atoms with Gasteiger partial charge in [0.15, 0.2) is 11.5 Å². The average Bonchev–Trinajstić information content (AvgIpc) is 3.07. The SMILES string of the molecule is COc1ccc(S(=O)(=O)N(CC(=O)N(Cc2ccc(C)cc2)[C@H](Cc2ccccc2)C(=O)NCC(C)C)c2cc(C)cc(C)c2)cc1OC. The van der Waals surface area contributed by atoms with Crippen LogP contribution in [0.4, 0.5) is 5.69 Å². The van der Waals surface area contributed by atoms with Gasteiger partial charge in [-0.2, -0.15) is 0 Å². The summed E-state index contributed by atoms with van der Waals surface area (Å²) in [4.78, 5) is 30.1. The summed E-state index contributed by atoms with van der Waals surface area (Å²) in [6.45, 7) is 9.71. The van der Waals surface area contributed by atoms with Gasteiger partial charge in [-0.25, -0.2) is 8.42 Å². The van der Waals surface area contributed by atoms with Crippen molar-refractivity contribution in [3.05, 3.63) is 119 Å². The van der Waals surface area contributed by atoms with Crippen LogP contribution in [0.15, 0.2) is 95.9 Å². The summed E-state index contributed by atoms with van der Waals surface area (Å²) in [5.74, 6) is -0.0330. The molecule has 1 atom stereocenters. The Balaban J connectivity index is 1.84. The van der Waals surface area contributed by atoms with Gasteiger partial charge in [0.25, 0.3) is 10.0 Å². The first kappa shape index (κ1) is 37.0. The van der Waals surface area contributed by atoms with Crippen LogP contribution in [0.1, 0.15) is 41.7 Å². The first-order valence-corrected chi connectivity index (χ1v) is 17.8. The van der Waals surface area contributed by atoms with Gasteiger partial charge in [0.2, 0.25) is 11.8 Å². The predicted octanol–water partition coefficient (Wildman–Crippen LogP) is 6.24. The first-order valence-electron chi connectivity index (χ1n) is 16.3. The Morgan fingerprint density at radius 3 is 1.98 bits per heavy atom. The smallest absolute Gasteiger partial charge is 0.264 e. The number of anilines is 1. The lowest BCUT2D eigenvalue weighted by atomic mass is 10.0. The molecule has 4 rings (SSSR count). The lowest BCUT2D eigenvalue weighted by molar-refractivity contribution is -0.140. The van der Waals surface area contributed by atoms with Crippen LogP contribution in [0, 0.1) is 26.7 Å². The second kappa shape index (κ2) is 16.5. The van der Waals surface area contributed by atoms with Crippen LogP contribution in [-0.4, -0.2) is 58.5 Å². The average molecular weight is 686 g/mol. The van der Waals surface area contributed by atoms with Gasteiger partial charge in [0.05, 0.1) is 24.8 Å². The van der Waals surface area contributed by atoms with E-state index in [-0.39, 0.29) is 35.4 Å². The van der Waals surface area contributed by atoms with E-state index >= 15 is 0 Å². The summed E-state index contributed by atoms with van der Waals surface area (Å²) in [5.41, 5.74) is 4.74. The van der Waals surface area contributed by atoms with E-state index in [2.05, 4.69) is 5.32 Å². The Morgan fingerprint density at radius 2 is 1.39 bits per heavy atom. The number of hydrogen-bond donors (Lipinski definition) is 1. The Labute approximate surface area is 290 Å². The van der Waals surface area contributed by atoms with Gasteiger partial charge in [-0.05, 0) is 73.2 Å². The van der Waals surface area contributed by atoms with E-state index in [1.807, 2.05) is 95.3 Å². The monoisotopic (exact) mass is 685 g/mol. The van der Waals surface area contributed by atoms with Crippen molar-refractivity contribution < 1.29 is 27.5 Å². The van der Waals surface area contributed by atoms with E-state index in [0.717, 1.165) is 32.1 Å². The molecule has 0 aliphatic heterocycles. The maximum Gasteiger partial charge on any atom is 0.264 e. The number of benzene rings is 4. The van der Waals surface area contributed by atoms with E-state index < -0.39 is 28.5 Å².